The van der Waals surface area contributed by atoms with Gasteiger partial charge in [0.05, 0.1) is 6.61 Å². The number of benzene rings is 1. The van der Waals surface area contributed by atoms with Gasteiger partial charge in [0.25, 0.3) is 0 Å². The molecule has 0 radical (unpaired) electrons. The molecule has 0 amide bonds. The van der Waals surface area contributed by atoms with Crippen molar-refractivity contribution in [2.75, 3.05) is 6.61 Å². The molecule has 15 heavy (non-hydrogen) atoms. The minimum atomic E-state index is -1.46. The van der Waals surface area contributed by atoms with Crippen LogP contribution in [0.25, 0.3) is 0 Å². The summed E-state index contributed by atoms with van der Waals surface area (Å²) < 4.78 is 18.1. The van der Waals surface area contributed by atoms with Gasteiger partial charge in [-0.2, -0.15) is 0 Å². The van der Waals surface area contributed by atoms with E-state index in [1.807, 2.05) is 0 Å². The molecule has 0 aliphatic carbocycles. The van der Waals surface area contributed by atoms with Crippen molar-refractivity contribution in [3.63, 3.8) is 0 Å². The van der Waals surface area contributed by atoms with Gasteiger partial charge in [0.2, 0.25) is 5.90 Å². The summed E-state index contributed by atoms with van der Waals surface area (Å²) in [7, 11) is 0. The molecule has 1 rings (SSSR count). The fourth-order valence-electron chi connectivity index (χ4n) is 1.14. The molecule has 0 saturated carbocycles. The molecule has 3 nitrogen and oxygen atoms in total. The Morgan fingerprint density at radius 2 is 2.33 bits per heavy atom. The molecule has 0 bridgehead atoms. The largest absolute Gasteiger partial charge is 0.479 e. The maximum absolute atomic E-state index is 13.3. The van der Waals surface area contributed by atoms with Gasteiger partial charge < -0.3 is 9.84 Å². The molecule has 0 aliphatic rings. The third kappa shape index (κ3) is 2.67. The number of hydrogen-bond donors (Lipinski definition) is 2. The Kier molecular flexibility index (Phi) is 4.05. The van der Waals surface area contributed by atoms with E-state index in [9.17, 15) is 9.50 Å². The molecule has 0 aromatic heterocycles. The van der Waals surface area contributed by atoms with E-state index in [4.69, 9.17) is 21.7 Å². The Morgan fingerprint density at radius 3 is 2.87 bits per heavy atom. The van der Waals surface area contributed by atoms with Crippen molar-refractivity contribution in [2.45, 2.75) is 13.0 Å². The summed E-state index contributed by atoms with van der Waals surface area (Å²) in [5.74, 6) is -1.07. The van der Waals surface area contributed by atoms with E-state index in [-0.39, 0.29) is 17.2 Å². The van der Waals surface area contributed by atoms with Crippen molar-refractivity contribution < 1.29 is 14.2 Å². The molecule has 0 saturated heterocycles. The normalized spacial score (nSPS) is 12.3. The van der Waals surface area contributed by atoms with Crippen LogP contribution in [-0.4, -0.2) is 17.6 Å². The van der Waals surface area contributed by atoms with E-state index >= 15 is 0 Å². The SMILES string of the molecule is CCOC(=N)C(O)c1c(F)cccc1Cl. The lowest BCUT2D eigenvalue weighted by Crippen LogP contribution is -2.16. The average Bonchev–Trinajstić information content (AvgIpc) is 2.17. The van der Waals surface area contributed by atoms with Crippen molar-refractivity contribution in [3.05, 3.63) is 34.6 Å². The van der Waals surface area contributed by atoms with Gasteiger partial charge in [-0.3, -0.25) is 5.41 Å². The Morgan fingerprint density at radius 1 is 1.67 bits per heavy atom. The fourth-order valence-corrected chi connectivity index (χ4v) is 1.40. The first-order chi connectivity index (χ1) is 7.07. The van der Waals surface area contributed by atoms with Crippen molar-refractivity contribution >= 4 is 17.5 Å². The fraction of sp³-hybridized carbons (Fsp3) is 0.300. The lowest BCUT2D eigenvalue weighted by molar-refractivity contribution is 0.187. The molecule has 0 fully saturated rings. The van der Waals surface area contributed by atoms with Crippen LogP contribution < -0.4 is 0 Å². The summed E-state index contributed by atoms with van der Waals surface area (Å²) in [5, 5.41) is 17.0. The molecule has 82 valence electrons. The molecule has 0 heterocycles. The molecule has 2 N–H and O–H groups in total. The van der Waals surface area contributed by atoms with Crippen LogP contribution in [0.2, 0.25) is 5.02 Å². The van der Waals surface area contributed by atoms with Crippen LogP contribution in [0.5, 0.6) is 0 Å². The summed E-state index contributed by atoms with van der Waals surface area (Å²) in [6, 6.07) is 4.05. The molecule has 1 unspecified atom stereocenters. The zero-order valence-corrected chi connectivity index (χ0v) is 8.88. The number of rotatable bonds is 3. The monoisotopic (exact) mass is 231 g/mol. The van der Waals surface area contributed by atoms with Crippen molar-refractivity contribution in [1.82, 2.24) is 0 Å². The molecule has 1 atom stereocenters. The molecule has 1 aromatic carbocycles. The smallest absolute Gasteiger partial charge is 0.215 e. The van der Waals surface area contributed by atoms with Gasteiger partial charge in [0, 0.05) is 10.6 Å². The third-order valence-corrected chi connectivity index (χ3v) is 2.15. The summed E-state index contributed by atoms with van der Waals surface area (Å²) in [6.45, 7) is 1.91. The number of nitrogens with one attached hydrogen (secondary N) is 1. The van der Waals surface area contributed by atoms with Gasteiger partial charge in [0.1, 0.15) is 5.82 Å². The summed E-state index contributed by atoms with van der Waals surface area (Å²) >= 11 is 5.72. The third-order valence-electron chi connectivity index (χ3n) is 1.82. The van der Waals surface area contributed by atoms with Gasteiger partial charge in [-0.05, 0) is 19.1 Å². The Balaban J connectivity index is 3.00. The van der Waals surface area contributed by atoms with Crippen LogP contribution in [0.1, 0.15) is 18.6 Å². The maximum atomic E-state index is 13.3. The minimum absolute atomic E-state index is 0.0759. The first-order valence-corrected chi connectivity index (χ1v) is 4.79. The van der Waals surface area contributed by atoms with E-state index in [0.29, 0.717) is 0 Å². The lowest BCUT2D eigenvalue weighted by atomic mass is 10.1. The maximum Gasteiger partial charge on any atom is 0.215 e. The summed E-state index contributed by atoms with van der Waals surface area (Å²) in [4.78, 5) is 0. The number of aliphatic hydroxyl groups excluding tert-OH is 1. The number of hydrogen-bond acceptors (Lipinski definition) is 3. The highest BCUT2D eigenvalue weighted by molar-refractivity contribution is 6.31. The van der Waals surface area contributed by atoms with Crippen LogP contribution in [0.3, 0.4) is 0 Å². The first-order valence-electron chi connectivity index (χ1n) is 4.41. The molecular formula is C10H11ClFNO2. The van der Waals surface area contributed by atoms with Gasteiger partial charge in [-0.25, -0.2) is 4.39 Å². The van der Waals surface area contributed by atoms with Crippen LogP contribution in [0.4, 0.5) is 4.39 Å². The predicted octanol–water partition coefficient (Wildman–Crippen LogP) is 2.53. The second-order valence-corrected chi connectivity index (χ2v) is 3.24. The molecule has 0 spiro atoms. The summed E-state index contributed by atoms with van der Waals surface area (Å²) in [6.07, 6.45) is -1.46. The zero-order valence-electron chi connectivity index (χ0n) is 8.13. The number of halogens is 2. The van der Waals surface area contributed by atoms with Crippen LogP contribution in [-0.2, 0) is 4.74 Å². The highest BCUT2D eigenvalue weighted by atomic mass is 35.5. The van der Waals surface area contributed by atoms with Gasteiger partial charge in [-0.1, -0.05) is 17.7 Å². The van der Waals surface area contributed by atoms with Gasteiger partial charge >= 0.3 is 0 Å². The van der Waals surface area contributed by atoms with Crippen LogP contribution in [0.15, 0.2) is 18.2 Å². The van der Waals surface area contributed by atoms with E-state index in [2.05, 4.69) is 0 Å². The second-order valence-electron chi connectivity index (χ2n) is 2.84. The molecule has 5 heteroatoms. The van der Waals surface area contributed by atoms with E-state index in [1.165, 1.54) is 18.2 Å². The van der Waals surface area contributed by atoms with Crippen LogP contribution >= 0.6 is 11.6 Å². The highest BCUT2D eigenvalue weighted by Crippen LogP contribution is 2.26. The average molecular weight is 232 g/mol. The standard InChI is InChI=1S/C10H11ClFNO2/c1-2-15-10(13)9(14)8-6(11)4-3-5-7(8)12/h3-5,9,13-14H,2H2,1H3. The van der Waals surface area contributed by atoms with Gasteiger partial charge in [-0.15, -0.1) is 0 Å². The lowest BCUT2D eigenvalue weighted by Gasteiger charge is -2.14. The number of aliphatic hydroxyl groups is 1. The van der Waals surface area contributed by atoms with Crippen molar-refractivity contribution in [3.8, 4) is 0 Å². The first kappa shape index (κ1) is 11.9. The Labute approximate surface area is 92.0 Å². The van der Waals surface area contributed by atoms with E-state index in [1.54, 1.807) is 6.92 Å². The Bertz CT molecular complexity index is 350. The highest BCUT2D eigenvalue weighted by Gasteiger charge is 2.21. The molecule has 0 aliphatic heterocycles. The topological polar surface area (TPSA) is 53.3 Å². The number of ether oxygens (including phenoxy) is 1. The second kappa shape index (κ2) is 5.09. The summed E-state index contributed by atoms with van der Waals surface area (Å²) in [5.41, 5.74) is -0.127. The quantitative estimate of drug-likeness (QED) is 0.620. The van der Waals surface area contributed by atoms with Crippen molar-refractivity contribution in [2.24, 2.45) is 0 Å². The Hall–Kier alpha value is -1.13. The van der Waals surface area contributed by atoms with E-state index in [0.717, 1.165) is 0 Å². The minimum Gasteiger partial charge on any atom is -0.479 e. The van der Waals surface area contributed by atoms with Crippen LogP contribution in [0, 0.1) is 11.2 Å². The molecular weight excluding hydrogens is 221 g/mol. The van der Waals surface area contributed by atoms with E-state index < -0.39 is 17.8 Å². The zero-order chi connectivity index (χ0) is 11.4. The predicted molar refractivity (Wildman–Crippen MR) is 55.7 cm³/mol. The van der Waals surface area contributed by atoms with Crippen molar-refractivity contribution in [1.29, 1.82) is 5.41 Å². The molecule has 1 aromatic rings. The van der Waals surface area contributed by atoms with Gasteiger partial charge in [0.15, 0.2) is 6.10 Å².